The van der Waals surface area contributed by atoms with Crippen molar-refractivity contribution in [1.29, 1.82) is 0 Å². The maximum atomic E-state index is 11.5. The Bertz CT molecular complexity index is 389. The summed E-state index contributed by atoms with van der Waals surface area (Å²) in [4.78, 5) is 17.5. The summed E-state index contributed by atoms with van der Waals surface area (Å²) < 4.78 is 0. The highest BCUT2D eigenvalue weighted by atomic mass is 16.7. The van der Waals surface area contributed by atoms with Crippen molar-refractivity contribution in [1.82, 2.24) is 5.48 Å². The van der Waals surface area contributed by atoms with Gasteiger partial charge in [0.2, 0.25) is 0 Å². The molecule has 0 aromatic heterocycles. The van der Waals surface area contributed by atoms with Crippen molar-refractivity contribution in [2.45, 2.75) is 31.3 Å². The minimum absolute atomic E-state index is 0.0766. The van der Waals surface area contributed by atoms with Gasteiger partial charge in [0.1, 0.15) is 11.9 Å². The maximum absolute atomic E-state index is 11.5. The van der Waals surface area contributed by atoms with E-state index >= 15 is 0 Å². The van der Waals surface area contributed by atoms with Gasteiger partial charge in [-0.1, -0.05) is 0 Å². The summed E-state index contributed by atoms with van der Waals surface area (Å²) in [6.07, 6.45) is 6.07. The topological polar surface area (TPSA) is 38.3 Å². The number of hydrogen-bond acceptors (Lipinski definition) is 3. The molecule has 0 bridgehead atoms. The Hall–Kier alpha value is -0.410. The fourth-order valence-electron chi connectivity index (χ4n) is 5.47. The summed E-state index contributed by atoms with van der Waals surface area (Å²) in [6, 6.07) is 0. The van der Waals surface area contributed by atoms with Crippen LogP contribution in [0.3, 0.4) is 0 Å². The van der Waals surface area contributed by atoms with Gasteiger partial charge in [0.05, 0.1) is 5.41 Å². The standard InChI is InChI=1S/C13H17NO2/c15-6-12-2-1-10(11-8-3-9(8)11)13(12)7(4-12)5-14-16-13/h6-11,14H,1-5H2/t7?,8?,9?,10?,11?,12?,13-/m1/s1. The summed E-state index contributed by atoms with van der Waals surface area (Å²) in [5, 5.41) is 0. The Balaban J connectivity index is 1.58. The Morgan fingerprint density at radius 1 is 1.38 bits per heavy atom. The molecule has 0 aromatic rings. The SMILES string of the molecule is O=CC12CCC(C3C4CC43)[C@@]13ONCC3C2. The molecule has 1 aliphatic heterocycles. The van der Waals surface area contributed by atoms with Crippen molar-refractivity contribution in [3.8, 4) is 0 Å². The van der Waals surface area contributed by atoms with Crippen LogP contribution in [0.5, 0.6) is 0 Å². The fraction of sp³-hybridized carbons (Fsp3) is 0.923. The third kappa shape index (κ3) is 0.649. The van der Waals surface area contributed by atoms with Crippen LogP contribution in [-0.4, -0.2) is 18.4 Å². The summed E-state index contributed by atoms with van der Waals surface area (Å²) in [5.41, 5.74) is 2.90. The van der Waals surface area contributed by atoms with Gasteiger partial charge in [0.25, 0.3) is 0 Å². The van der Waals surface area contributed by atoms with E-state index in [0.717, 1.165) is 37.1 Å². The molecule has 86 valence electrons. The number of rotatable bonds is 2. The molecule has 1 spiro atoms. The van der Waals surface area contributed by atoms with Crippen molar-refractivity contribution >= 4 is 6.29 Å². The minimum Gasteiger partial charge on any atom is -0.303 e. The Morgan fingerprint density at radius 2 is 2.25 bits per heavy atom. The molecule has 6 atom stereocenters. The summed E-state index contributed by atoms with van der Waals surface area (Å²) >= 11 is 0. The highest BCUT2D eigenvalue weighted by Gasteiger charge is 2.81. The predicted molar refractivity (Wildman–Crippen MR) is 56.2 cm³/mol. The largest absolute Gasteiger partial charge is 0.303 e. The van der Waals surface area contributed by atoms with Crippen molar-refractivity contribution in [3.63, 3.8) is 0 Å². The molecule has 0 radical (unpaired) electrons. The normalized spacial score (nSPS) is 68.9. The van der Waals surface area contributed by atoms with E-state index in [4.69, 9.17) is 4.84 Å². The molecule has 5 unspecified atom stereocenters. The smallest absolute Gasteiger partial charge is 0.129 e. The Kier molecular flexibility index (Phi) is 1.22. The van der Waals surface area contributed by atoms with Crippen LogP contribution in [0, 0.1) is 35.0 Å². The van der Waals surface area contributed by atoms with Crippen LogP contribution in [-0.2, 0) is 9.63 Å². The average molecular weight is 219 g/mol. The summed E-state index contributed by atoms with van der Waals surface area (Å²) in [5.74, 6) is 4.27. The number of hydrogen-bond donors (Lipinski definition) is 1. The molecule has 0 amide bonds. The van der Waals surface area contributed by atoms with E-state index in [-0.39, 0.29) is 11.0 Å². The zero-order valence-electron chi connectivity index (χ0n) is 9.32. The number of carbonyl (C=O) groups is 1. The lowest BCUT2D eigenvalue weighted by Crippen LogP contribution is -2.64. The van der Waals surface area contributed by atoms with Gasteiger partial charge in [-0.3, -0.25) is 4.84 Å². The molecule has 4 aliphatic carbocycles. The highest BCUT2D eigenvalue weighted by Crippen LogP contribution is 2.79. The molecule has 3 nitrogen and oxygen atoms in total. The van der Waals surface area contributed by atoms with Crippen molar-refractivity contribution in [3.05, 3.63) is 0 Å². The zero-order valence-corrected chi connectivity index (χ0v) is 9.32. The summed E-state index contributed by atoms with van der Waals surface area (Å²) in [6.45, 7) is 0.966. The second-order valence-electron chi connectivity index (χ2n) is 6.70. The van der Waals surface area contributed by atoms with Gasteiger partial charge in [-0.05, 0) is 49.4 Å². The van der Waals surface area contributed by atoms with Gasteiger partial charge >= 0.3 is 0 Å². The zero-order chi connectivity index (χ0) is 10.5. The van der Waals surface area contributed by atoms with Crippen LogP contribution in [0.25, 0.3) is 0 Å². The minimum atomic E-state index is -0.110. The van der Waals surface area contributed by atoms with E-state index in [9.17, 15) is 4.79 Å². The lowest BCUT2D eigenvalue weighted by molar-refractivity contribution is -0.216. The summed E-state index contributed by atoms with van der Waals surface area (Å²) in [7, 11) is 0. The number of fused-ring (bicyclic) bond motifs is 1. The van der Waals surface area contributed by atoms with Crippen LogP contribution >= 0.6 is 0 Å². The van der Waals surface area contributed by atoms with Crippen LogP contribution in [0.2, 0.25) is 0 Å². The van der Waals surface area contributed by atoms with Gasteiger partial charge in [0.15, 0.2) is 0 Å². The Morgan fingerprint density at radius 3 is 2.88 bits per heavy atom. The predicted octanol–water partition coefficient (Wildman–Crippen LogP) is 1.14. The highest BCUT2D eigenvalue weighted by molar-refractivity contribution is 5.67. The number of carbonyl (C=O) groups excluding carboxylic acids is 1. The molecule has 1 heterocycles. The number of hydroxylamine groups is 1. The lowest BCUT2D eigenvalue weighted by Gasteiger charge is -2.55. The second-order valence-corrected chi connectivity index (χ2v) is 6.70. The first kappa shape index (κ1) is 8.65. The van der Waals surface area contributed by atoms with Crippen LogP contribution in [0.1, 0.15) is 25.7 Å². The number of aldehydes is 1. The van der Waals surface area contributed by atoms with E-state index in [1.165, 1.54) is 19.1 Å². The van der Waals surface area contributed by atoms with E-state index in [0.29, 0.717) is 11.8 Å². The van der Waals surface area contributed by atoms with Crippen molar-refractivity contribution in [2.24, 2.45) is 35.0 Å². The van der Waals surface area contributed by atoms with E-state index in [1.807, 2.05) is 0 Å². The average Bonchev–Trinajstić information content (AvgIpc) is 3.13. The van der Waals surface area contributed by atoms with Gasteiger partial charge in [-0.25, -0.2) is 5.48 Å². The fourth-order valence-corrected chi connectivity index (χ4v) is 5.47. The van der Waals surface area contributed by atoms with Crippen LogP contribution in [0.4, 0.5) is 0 Å². The van der Waals surface area contributed by atoms with Gasteiger partial charge in [-0.2, -0.15) is 0 Å². The van der Waals surface area contributed by atoms with E-state index in [2.05, 4.69) is 5.48 Å². The molecule has 5 rings (SSSR count). The molecule has 3 heteroatoms. The van der Waals surface area contributed by atoms with Crippen LogP contribution in [0.15, 0.2) is 0 Å². The molecule has 0 aromatic carbocycles. The van der Waals surface area contributed by atoms with Gasteiger partial charge < -0.3 is 4.79 Å². The van der Waals surface area contributed by atoms with E-state index < -0.39 is 0 Å². The van der Waals surface area contributed by atoms with Crippen molar-refractivity contribution in [2.75, 3.05) is 6.54 Å². The van der Waals surface area contributed by atoms with Gasteiger partial charge in [-0.15, -0.1) is 0 Å². The number of nitrogens with one attached hydrogen (secondary N) is 1. The quantitative estimate of drug-likeness (QED) is 0.708. The Labute approximate surface area is 94.9 Å². The molecular formula is C13H17NO2. The molecule has 1 saturated heterocycles. The van der Waals surface area contributed by atoms with Crippen molar-refractivity contribution < 1.29 is 9.63 Å². The molecular weight excluding hydrogens is 202 g/mol. The third-order valence-corrected chi connectivity index (χ3v) is 6.45. The third-order valence-electron chi connectivity index (χ3n) is 6.45. The van der Waals surface area contributed by atoms with Crippen LogP contribution < -0.4 is 5.48 Å². The lowest BCUT2D eigenvalue weighted by atomic mass is 9.50. The molecule has 4 saturated carbocycles. The van der Waals surface area contributed by atoms with E-state index in [1.54, 1.807) is 0 Å². The monoisotopic (exact) mass is 219 g/mol. The molecule has 5 fully saturated rings. The first-order chi connectivity index (χ1) is 7.82. The maximum Gasteiger partial charge on any atom is 0.129 e. The second kappa shape index (κ2) is 2.25. The van der Waals surface area contributed by atoms with Gasteiger partial charge in [0, 0.05) is 12.5 Å². The molecule has 5 aliphatic rings. The first-order valence-corrected chi connectivity index (χ1v) is 6.70. The molecule has 1 N–H and O–H groups in total. The molecule has 16 heavy (non-hydrogen) atoms. The first-order valence-electron chi connectivity index (χ1n) is 6.70.